The van der Waals surface area contributed by atoms with Gasteiger partial charge >= 0.3 is 120 Å². The standard InChI is InChI=1S/C21H27N2.C15H10.C3H8O.2ClH.Ru/c1-14-9-16(3)20(17(4)10-14)22-7-8-23(13-22)21-18(5)11-15(2)12-19(21)6;1-2-6-12(7-3-1)15-11-10-13-8-4-5-9-14(13)15;1-3(2)4;;;/h9-13H,7-8H2,1-6H3;1-9,11H;3-4H,1-2H3;2*1H;/q-1;;;;;+2/p-2. The third kappa shape index (κ3) is 8.75. The normalized spacial score (nSPS) is 14.0. The van der Waals surface area contributed by atoms with E-state index in [4.69, 9.17) is 24.5 Å². The van der Waals surface area contributed by atoms with Gasteiger partial charge in [-0.1, -0.05) is 35.4 Å². The Hall–Kier alpha value is -2.75. The van der Waals surface area contributed by atoms with Crippen LogP contribution in [0, 0.1) is 48.2 Å². The van der Waals surface area contributed by atoms with Crippen molar-refractivity contribution in [1.29, 1.82) is 0 Å². The maximum atomic E-state index is 8.06. The molecule has 4 aromatic rings. The predicted molar refractivity (Wildman–Crippen MR) is 193 cm³/mol. The number of allylic oxidation sites excluding steroid dienone is 1. The van der Waals surface area contributed by atoms with Crippen LogP contribution < -0.4 is 9.80 Å². The third-order valence-electron chi connectivity index (χ3n) is 7.67. The molecule has 6 heteroatoms. The number of hydrogen-bond donors (Lipinski definition) is 1. The maximum absolute atomic E-state index is 8.06. The molecule has 2 aliphatic rings. The molecule has 0 bridgehead atoms. The number of anilines is 2. The quantitative estimate of drug-likeness (QED) is 0.168. The summed E-state index contributed by atoms with van der Waals surface area (Å²) in [6.07, 6.45) is 1.98. The van der Waals surface area contributed by atoms with Crippen molar-refractivity contribution < 1.29 is 18.6 Å². The first-order valence-electron chi connectivity index (χ1n) is 15.3. The van der Waals surface area contributed by atoms with Gasteiger partial charge in [0.15, 0.2) is 0 Å². The van der Waals surface area contributed by atoms with Gasteiger partial charge in [0, 0.05) is 30.6 Å². The van der Waals surface area contributed by atoms with Gasteiger partial charge in [0.05, 0.1) is 0 Å². The Balaban J connectivity index is 0.000000187. The number of aliphatic hydroxyl groups excluding tert-OH is 1. The fourth-order valence-corrected chi connectivity index (χ4v) is 8.74. The summed E-state index contributed by atoms with van der Waals surface area (Å²) in [5.74, 6) is 0. The minimum atomic E-state index is -1.88. The van der Waals surface area contributed by atoms with Gasteiger partial charge in [0.25, 0.3) is 0 Å². The first-order chi connectivity index (χ1) is 21.4. The van der Waals surface area contributed by atoms with E-state index in [0.29, 0.717) is 0 Å². The van der Waals surface area contributed by atoms with Crippen molar-refractivity contribution in [2.75, 3.05) is 22.9 Å². The molecule has 240 valence electrons. The minimum absolute atomic E-state index is 0.167. The second kappa shape index (κ2) is 15.7. The van der Waals surface area contributed by atoms with Crippen LogP contribution >= 0.6 is 19.4 Å². The monoisotopic (exact) mass is 729 g/mol. The zero-order chi connectivity index (χ0) is 32.8. The Morgan fingerprint density at radius 3 is 1.49 bits per heavy atom. The van der Waals surface area contributed by atoms with Gasteiger partial charge in [0.2, 0.25) is 0 Å². The molecule has 0 unspecified atom stereocenters. The van der Waals surface area contributed by atoms with Crippen molar-refractivity contribution in [2.24, 2.45) is 0 Å². The molecular formula is C39H45Cl2N2ORu-. The van der Waals surface area contributed by atoms with Crippen LogP contribution in [0.1, 0.15) is 63.9 Å². The first kappa shape index (κ1) is 35.1. The van der Waals surface area contributed by atoms with Gasteiger partial charge in [-0.25, -0.2) is 0 Å². The molecule has 1 fully saturated rings. The van der Waals surface area contributed by atoms with Gasteiger partial charge < -0.3 is 14.9 Å². The molecule has 1 aliphatic heterocycles. The fraction of sp³-hybridized carbons (Fsp3) is 0.282. The van der Waals surface area contributed by atoms with Crippen LogP contribution in [0.3, 0.4) is 0 Å². The van der Waals surface area contributed by atoms with Crippen molar-refractivity contribution in [2.45, 2.75) is 61.5 Å². The summed E-state index contributed by atoms with van der Waals surface area (Å²) in [7, 11) is 12.4. The Kier molecular flexibility index (Phi) is 12.2. The third-order valence-corrected chi connectivity index (χ3v) is 10.8. The summed E-state index contributed by atoms with van der Waals surface area (Å²) in [5.41, 5.74) is 15.7. The van der Waals surface area contributed by atoms with Crippen LogP contribution in [0.5, 0.6) is 0 Å². The van der Waals surface area contributed by atoms with E-state index in [0.717, 1.165) is 17.2 Å². The Morgan fingerprint density at radius 2 is 1.07 bits per heavy atom. The summed E-state index contributed by atoms with van der Waals surface area (Å²) in [6.45, 7) is 21.0. The summed E-state index contributed by atoms with van der Waals surface area (Å²) >= 11 is -1.88. The molecule has 1 saturated heterocycles. The summed E-state index contributed by atoms with van der Waals surface area (Å²) in [5, 5.41) is 8.06. The summed E-state index contributed by atoms with van der Waals surface area (Å²) in [6, 6.07) is 27.8. The number of halogens is 2. The number of hydrogen-bond acceptors (Lipinski definition) is 3. The van der Waals surface area contributed by atoms with Gasteiger partial charge in [-0.05, 0) is 77.6 Å². The Bertz CT molecular complexity index is 1600. The van der Waals surface area contributed by atoms with Gasteiger partial charge in [-0.15, -0.1) is 0 Å². The number of rotatable bonds is 3. The molecular weight excluding hydrogens is 684 g/mol. The van der Waals surface area contributed by atoms with Crippen LogP contribution in [0.4, 0.5) is 11.4 Å². The van der Waals surface area contributed by atoms with E-state index in [2.05, 4.69) is 119 Å². The van der Waals surface area contributed by atoms with Crippen LogP contribution in [0.2, 0.25) is 0 Å². The molecule has 0 saturated carbocycles. The van der Waals surface area contributed by atoms with Gasteiger partial charge in [0.1, 0.15) is 0 Å². The zero-order valence-corrected chi connectivity index (χ0v) is 30.9. The molecule has 6 rings (SSSR count). The molecule has 1 heterocycles. The zero-order valence-electron chi connectivity index (χ0n) is 27.6. The molecule has 45 heavy (non-hydrogen) atoms. The number of aryl methyl sites for hydroxylation is 6. The van der Waals surface area contributed by atoms with Crippen molar-refractivity contribution in [3.8, 4) is 0 Å². The van der Waals surface area contributed by atoms with Crippen LogP contribution in [0.15, 0.2) is 84.9 Å². The molecule has 1 N–H and O–H groups in total. The fourth-order valence-electron chi connectivity index (χ4n) is 6.26. The van der Waals surface area contributed by atoms with E-state index in [1.165, 1.54) is 67.0 Å². The molecule has 0 radical (unpaired) electrons. The average Bonchev–Trinajstić information content (AvgIpc) is 3.58. The van der Waals surface area contributed by atoms with Crippen LogP contribution in [-0.4, -0.2) is 28.4 Å². The molecule has 0 aromatic heterocycles. The van der Waals surface area contributed by atoms with E-state index in [1.54, 1.807) is 13.8 Å². The Morgan fingerprint density at radius 1 is 0.667 bits per heavy atom. The molecule has 0 amide bonds. The van der Waals surface area contributed by atoms with E-state index >= 15 is 0 Å². The SMILES string of the molecule is CC(C)O.Cc1cc(C)c(N2[CH-]N(c3c(C)cc(C)cc3C)CC2)c(C)c1.[Cl][Ru]([Cl])=[C]1C=C(c2ccccc2)c2ccccc21. The van der Waals surface area contributed by atoms with Crippen molar-refractivity contribution in [3.05, 3.63) is 142 Å². The summed E-state index contributed by atoms with van der Waals surface area (Å²) < 4.78 is 1.12. The molecule has 0 spiro atoms. The van der Waals surface area contributed by atoms with E-state index in [1.807, 2.05) is 24.3 Å². The molecule has 4 aromatic carbocycles. The molecule has 0 atom stereocenters. The second-order valence-corrected chi connectivity index (χ2v) is 17.9. The molecule has 3 nitrogen and oxygen atoms in total. The number of aliphatic hydroxyl groups is 1. The molecule has 1 aliphatic carbocycles. The van der Waals surface area contributed by atoms with Crippen molar-refractivity contribution >= 4 is 40.4 Å². The van der Waals surface area contributed by atoms with Gasteiger partial charge in [-0.2, -0.15) is 6.67 Å². The van der Waals surface area contributed by atoms with Crippen LogP contribution in [-0.2, 0) is 13.5 Å². The number of nitrogens with zero attached hydrogens (tertiary/aromatic N) is 2. The first-order valence-corrected chi connectivity index (χ1v) is 20.7. The van der Waals surface area contributed by atoms with E-state index in [9.17, 15) is 0 Å². The van der Waals surface area contributed by atoms with Crippen molar-refractivity contribution in [3.63, 3.8) is 0 Å². The number of fused-ring (bicyclic) bond motifs is 1. The second-order valence-electron chi connectivity index (χ2n) is 12.1. The topological polar surface area (TPSA) is 26.7 Å². The predicted octanol–water partition coefficient (Wildman–Crippen LogP) is 9.95. The van der Waals surface area contributed by atoms with E-state index < -0.39 is 13.5 Å². The number of benzene rings is 4. The van der Waals surface area contributed by atoms with E-state index in [-0.39, 0.29) is 6.10 Å². The van der Waals surface area contributed by atoms with Crippen LogP contribution in [0.25, 0.3) is 5.57 Å². The average molecular weight is 730 g/mol. The van der Waals surface area contributed by atoms with Crippen molar-refractivity contribution in [1.82, 2.24) is 0 Å². The summed E-state index contributed by atoms with van der Waals surface area (Å²) in [4.78, 5) is 4.81. The van der Waals surface area contributed by atoms with Gasteiger partial charge in [-0.3, -0.25) is 0 Å². The Labute approximate surface area is 283 Å².